The zero-order valence-electron chi connectivity index (χ0n) is 11.1. The van der Waals surface area contributed by atoms with E-state index in [2.05, 4.69) is 15.1 Å². The van der Waals surface area contributed by atoms with Gasteiger partial charge in [0.1, 0.15) is 4.90 Å². The molecule has 0 radical (unpaired) electrons. The summed E-state index contributed by atoms with van der Waals surface area (Å²) in [6.07, 6.45) is 2.63. The molecule has 1 aromatic heterocycles. The van der Waals surface area contributed by atoms with Gasteiger partial charge in [0.25, 0.3) is 0 Å². The number of hydrogen-bond donors (Lipinski definition) is 2. The van der Waals surface area contributed by atoms with Crippen molar-refractivity contribution >= 4 is 28.3 Å². The fraction of sp³-hybridized carbons (Fsp3) is 0.600. The van der Waals surface area contributed by atoms with Crippen molar-refractivity contribution < 1.29 is 13.2 Å². The molecule has 20 heavy (non-hydrogen) atoms. The largest absolute Gasteiger partial charge is 0.339 e. The maximum Gasteiger partial charge on any atom is 0.244 e. The van der Waals surface area contributed by atoms with Gasteiger partial charge in [-0.3, -0.25) is 9.48 Å². The second-order valence-electron chi connectivity index (χ2n) is 4.31. The van der Waals surface area contributed by atoms with Gasteiger partial charge >= 0.3 is 0 Å². The van der Waals surface area contributed by atoms with E-state index in [0.717, 1.165) is 13.1 Å². The van der Waals surface area contributed by atoms with Gasteiger partial charge in [-0.15, -0.1) is 12.4 Å². The predicted octanol–water partition coefficient (Wildman–Crippen LogP) is -1.45. The number of sulfonamides is 1. The molecule has 2 N–H and O–H groups in total. The fourth-order valence-electron chi connectivity index (χ4n) is 1.80. The second-order valence-corrected chi connectivity index (χ2v) is 6.07. The molecule has 2 heterocycles. The average molecular weight is 324 g/mol. The van der Waals surface area contributed by atoms with Crippen LogP contribution in [-0.2, 0) is 21.9 Å². The van der Waals surface area contributed by atoms with E-state index in [4.69, 9.17) is 0 Å². The topological polar surface area (TPSA) is 96.3 Å². The Morgan fingerprint density at radius 1 is 1.45 bits per heavy atom. The SMILES string of the molecule is Cl.Cn1cc(S(=O)(=O)NCC(=O)N2CCNCC2)cn1. The highest BCUT2D eigenvalue weighted by molar-refractivity contribution is 7.89. The first kappa shape index (κ1) is 16.9. The summed E-state index contributed by atoms with van der Waals surface area (Å²) in [4.78, 5) is 13.5. The number of rotatable bonds is 4. The molecule has 0 unspecified atom stereocenters. The molecule has 1 aliphatic heterocycles. The van der Waals surface area contributed by atoms with E-state index in [1.54, 1.807) is 11.9 Å². The lowest BCUT2D eigenvalue weighted by atomic mass is 10.3. The summed E-state index contributed by atoms with van der Waals surface area (Å²) in [6, 6.07) is 0. The lowest BCUT2D eigenvalue weighted by Gasteiger charge is -2.27. The quantitative estimate of drug-likeness (QED) is 0.707. The fourth-order valence-corrected chi connectivity index (χ4v) is 2.76. The molecular weight excluding hydrogens is 306 g/mol. The van der Waals surface area contributed by atoms with Gasteiger partial charge in [-0.05, 0) is 0 Å². The molecule has 1 fully saturated rings. The maximum atomic E-state index is 11.9. The number of nitrogens with one attached hydrogen (secondary N) is 2. The maximum absolute atomic E-state index is 11.9. The third-order valence-corrected chi connectivity index (χ3v) is 4.23. The Morgan fingerprint density at radius 3 is 2.65 bits per heavy atom. The molecule has 1 aliphatic rings. The van der Waals surface area contributed by atoms with E-state index in [1.807, 2.05) is 0 Å². The molecule has 0 atom stereocenters. The summed E-state index contributed by atoms with van der Waals surface area (Å²) < 4.78 is 27.5. The first-order chi connectivity index (χ1) is 8.99. The Hall–Kier alpha value is -1.16. The van der Waals surface area contributed by atoms with Crippen LogP contribution in [-0.4, -0.2) is 61.7 Å². The molecule has 1 aromatic rings. The lowest BCUT2D eigenvalue weighted by molar-refractivity contribution is -0.130. The van der Waals surface area contributed by atoms with Gasteiger partial charge in [0, 0.05) is 39.4 Å². The number of halogens is 1. The number of aromatic nitrogens is 2. The highest BCUT2D eigenvalue weighted by Crippen LogP contribution is 2.05. The monoisotopic (exact) mass is 323 g/mol. The van der Waals surface area contributed by atoms with Gasteiger partial charge in [-0.2, -0.15) is 5.10 Å². The minimum Gasteiger partial charge on any atom is -0.339 e. The van der Waals surface area contributed by atoms with Crippen molar-refractivity contribution in [2.75, 3.05) is 32.7 Å². The number of carbonyl (C=O) groups excluding carboxylic acids is 1. The van der Waals surface area contributed by atoms with E-state index >= 15 is 0 Å². The van der Waals surface area contributed by atoms with Crippen LogP contribution >= 0.6 is 12.4 Å². The van der Waals surface area contributed by atoms with Crippen LogP contribution in [0.5, 0.6) is 0 Å². The highest BCUT2D eigenvalue weighted by atomic mass is 35.5. The molecule has 0 spiro atoms. The normalized spacial score (nSPS) is 15.8. The van der Waals surface area contributed by atoms with Gasteiger partial charge in [0.05, 0.1) is 12.7 Å². The number of amides is 1. The minimum absolute atomic E-state index is 0. The van der Waals surface area contributed by atoms with Crippen LogP contribution < -0.4 is 10.0 Å². The Bertz CT molecular complexity index is 553. The Balaban J connectivity index is 0.00000200. The lowest BCUT2D eigenvalue weighted by Crippen LogP contribution is -2.49. The average Bonchev–Trinajstić information content (AvgIpc) is 2.85. The highest BCUT2D eigenvalue weighted by Gasteiger charge is 2.20. The minimum atomic E-state index is -3.67. The van der Waals surface area contributed by atoms with Crippen molar-refractivity contribution in [2.45, 2.75) is 4.90 Å². The number of carbonyl (C=O) groups is 1. The van der Waals surface area contributed by atoms with Crippen molar-refractivity contribution in [1.29, 1.82) is 0 Å². The van der Waals surface area contributed by atoms with Gasteiger partial charge < -0.3 is 10.2 Å². The third-order valence-electron chi connectivity index (χ3n) is 2.87. The van der Waals surface area contributed by atoms with Crippen molar-refractivity contribution in [2.24, 2.45) is 7.05 Å². The summed E-state index contributed by atoms with van der Waals surface area (Å²) in [5.74, 6) is -0.214. The molecule has 10 heteroatoms. The predicted molar refractivity (Wildman–Crippen MR) is 75.1 cm³/mol. The molecule has 0 saturated carbocycles. The van der Waals surface area contributed by atoms with Gasteiger partial charge in [0.2, 0.25) is 15.9 Å². The summed E-state index contributed by atoms with van der Waals surface area (Å²) in [6.45, 7) is 2.46. The summed E-state index contributed by atoms with van der Waals surface area (Å²) >= 11 is 0. The third kappa shape index (κ3) is 4.17. The van der Waals surface area contributed by atoms with E-state index in [0.29, 0.717) is 13.1 Å². The Morgan fingerprint density at radius 2 is 2.10 bits per heavy atom. The molecule has 1 saturated heterocycles. The summed E-state index contributed by atoms with van der Waals surface area (Å²) in [5, 5.41) is 6.92. The summed E-state index contributed by atoms with van der Waals surface area (Å²) in [5.41, 5.74) is 0. The van der Waals surface area contributed by atoms with Gasteiger partial charge in [-0.1, -0.05) is 0 Å². The second kappa shape index (κ2) is 7.02. The molecule has 0 aliphatic carbocycles. The number of aryl methyl sites for hydroxylation is 1. The van der Waals surface area contributed by atoms with Crippen LogP contribution in [0.2, 0.25) is 0 Å². The van der Waals surface area contributed by atoms with Crippen molar-refractivity contribution in [1.82, 2.24) is 24.7 Å². The van der Waals surface area contributed by atoms with Crippen molar-refractivity contribution in [3.63, 3.8) is 0 Å². The standard InChI is InChI=1S/C10H17N5O3S.ClH/c1-14-8-9(6-12-14)19(17,18)13-7-10(16)15-4-2-11-3-5-15;/h6,8,11,13H,2-5,7H2,1H3;1H. The van der Waals surface area contributed by atoms with Crippen molar-refractivity contribution in [3.05, 3.63) is 12.4 Å². The first-order valence-electron chi connectivity index (χ1n) is 5.96. The Kier molecular flexibility index (Phi) is 5.93. The van der Waals surface area contributed by atoms with Crippen LogP contribution in [0.1, 0.15) is 0 Å². The van der Waals surface area contributed by atoms with Crippen LogP contribution in [0.25, 0.3) is 0 Å². The Labute approximate surface area is 124 Å². The smallest absolute Gasteiger partial charge is 0.244 e. The van der Waals surface area contributed by atoms with Crippen LogP contribution in [0, 0.1) is 0 Å². The molecule has 1 amide bonds. The van der Waals surface area contributed by atoms with Crippen LogP contribution in [0.3, 0.4) is 0 Å². The van der Waals surface area contributed by atoms with Crippen LogP contribution in [0.4, 0.5) is 0 Å². The molecule has 0 aromatic carbocycles. The van der Waals surface area contributed by atoms with Crippen molar-refractivity contribution in [3.8, 4) is 0 Å². The number of hydrogen-bond acceptors (Lipinski definition) is 5. The number of piperazine rings is 1. The summed E-state index contributed by atoms with van der Waals surface area (Å²) in [7, 11) is -2.04. The molecular formula is C10H18ClN5O3S. The molecule has 2 rings (SSSR count). The zero-order chi connectivity index (χ0) is 13.9. The van der Waals surface area contributed by atoms with Gasteiger partial charge in [-0.25, -0.2) is 13.1 Å². The molecule has 0 bridgehead atoms. The molecule has 8 nitrogen and oxygen atoms in total. The van der Waals surface area contributed by atoms with Gasteiger partial charge in [0.15, 0.2) is 0 Å². The van der Waals surface area contributed by atoms with E-state index in [1.165, 1.54) is 17.1 Å². The zero-order valence-corrected chi connectivity index (χ0v) is 12.7. The van der Waals surface area contributed by atoms with E-state index < -0.39 is 10.0 Å². The van der Waals surface area contributed by atoms with E-state index in [-0.39, 0.29) is 29.8 Å². The number of nitrogens with zero attached hydrogens (tertiary/aromatic N) is 3. The van der Waals surface area contributed by atoms with Crippen LogP contribution in [0.15, 0.2) is 17.3 Å². The molecule has 114 valence electrons. The first-order valence-corrected chi connectivity index (χ1v) is 7.44. The van der Waals surface area contributed by atoms with E-state index in [9.17, 15) is 13.2 Å².